The number of hydrogen-bond acceptors (Lipinski definition) is 4. The zero-order chi connectivity index (χ0) is 7.23. The molecule has 0 amide bonds. The van der Waals surface area contributed by atoms with Gasteiger partial charge in [-0.25, -0.2) is 4.98 Å². The van der Waals surface area contributed by atoms with Crippen molar-refractivity contribution >= 4 is 0 Å². The summed E-state index contributed by atoms with van der Waals surface area (Å²) in [5.74, 6) is 0.539. The quantitative estimate of drug-likeness (QED) is 0.600. The molecule has 0 spiro atoms. The number of nitrogens with zero attached hydrogens (tertiary/aromatic N) is 2. The minimum Gasteiger partial charge on any atom is -0.461 e. The Hall–Kier alpha value is -1.16. The van der Waals surface area contributed by atoms with E-state index in [2.05, 4.69) is 15.3 Å². The van der Waals surface area contributed by atoms with E-state index in [1.807, 2.05) is 0 Å². The fourth-order valence-corrected chi connectivity index (χ4v) is 0.506. The molecule has 4 nitrogen and oxygen atoms in total. The van der Waals surface area contributed by atoms with Crippen molar-refractivity contribution in [3.63, 3.8) is 0 Å². The van der Waals surface area contributed by atoms with Crippen molar-refractivity contribution < 1.29 is 4.74 Å². The molecule has 4 heteroatoms. The van der Waals surface area contributed by atoms with E-state index in [0.29, 0.717) is 12.6 Å². The van der Waals surface area contributed by atoms with E-state index in [9.17, 15) is 0 Å². The fraction of sp³-hybridized carbons (Fsp3) is 0.333. The molecule has 0 aliphatic heterocycles. The Balaban J connectivity index is 2.43. The van der Waals surface area contributed by atoms with Crippen LogP contribution in [-0.4, -0.2) is 23.7 Å². The molecule has 0 fully saturated rings. The highest BCUT2D eigenvalue weighted by atomic mass is 16.5. The molecule has 0 aromatic carbocycles. The smallest absolute Gasteiger partial charge is 0.233 e. The summed E-state index contributed by atoms with van der Waals surface area (Å²) in [5, 5.41) is 2.83. The third-order valence-corrected chi connectivity index (χ3v) is 0.904. The van der Waals surface area contributed by atoms with Gasteiger partial charge >= 0.3 is 0 Å². The Morgan fingerprint density at radius 1 is 1.60 bits per heavy atom. The van der Waals surface area contributed by atoms with Crippen LogP contribution in [0.5, 0.6) is 5.88 Å². The first-order valence-electron chi connectivity index (χ1n) is 2.97. The summed E-state index contributed by atoms with van der Waals surface area (Å²) in [5.41, 5.74) is 0. The van der Waals surface area contributed by atoms with Crippen LogP contribution in [0.2, 0.25) is 0 Å². The maximum atomic E-state index is 5.07. The van der Waals surface area contributed by atoms with Crippen LogP contribution in [-0.2, 0) is 0 Å². The summed E-state index contributed by atoms with van der Waals surface area (Å²) >= 11 is 0. The molecule has 1 rings (SSSR count). The molecule has 1 N–H and O–H groups in total. The molecule has 0 bridgehead atoms. The normalized spacial score (nSPS) is 9.30. The summed E-state index contributed by atoms with van der Waals surface area (Å²) in [4.78, 5) is 7.71. The molecule has 0 atom stereocenters. The average molecular weight is 139 g/mol. The topological polar surface area (TPSA) is 47.0 Å². The first-order chi connectivity index (χ1) is 4.93. The largest absolute Gasteiger partial charge is 0.461 e. The van der Waals surface area contributed by atoms with Crippen molar-refractivity contribution in [3.05, 3.63) is 18.6 Å². The second kappa shape index (κ2) is 3.79. The Kier molecular flexibility index (Phi) is 2.63. The molecule has 0 aliphatic carbocycles. The second-order valence-electron chi connectivity index (χ2n) is 1.69. The van der Waals surface area contributed by atoms with Crippen LogP contribution in [0.15, 0.2) is 18.6 Å². The first kappa shape index (κ1) is 6.95. The van der Waals surface area contributed by atoms with Crippen molar-refractivity contribution in [3.8, 4) is 5.88 Å². The molecule has 0 aliphatic rings. The van der Waals surface area contributed by atoms with Gasteiger partial charge in [0, 0.05) is 12.4 Å². The van der Waals surface area contributed by atoms with E-state index in [0.717, 1.165) is 0 Å². The Morgan fingerprint density at radius 3 is 3.10 bits per heavy atom. The van der Waals surface area contributed by atoms with Crippen LogP contribution >= 0.6 is 0 Å². The molecular formula is C6H9N3O. The van der Waals surface area contributed by atoms with E-state index in [-0.39, 0.29) is 0 Å². The molecule has 0 unspecified atom stereocenters. The molecule has 1 aromatic rings. The molecule has 54 valence electrons. The van der Waals surface area contributed by atoms with E-state index in [1.165, 1.54) is 0 Å². The molecule has 1 aromatic heterocycles. The Labute approximate surface area is 59.3 Å². The van der Waals surface area contributed by atoms with Crippen LogP contribution in [0.1, 0.15) is 0 Å². The molecule has 10 heavy (non-hydrogen) atoms. The second-order valence-corrected chi connectivity index (χ2v) is 1.69. The molecule has 0 saturated heterocycles. The van der Waals surface area contributed by atoms with E-state index in [4.69, 9.17) is 4.74 Å². The monoisotopic (exact) mass is 139 g/mol. The van der Waals surface area contributed by atoms with Gasteiger partial charge in [0.2, 0.25) is 5.88 Å². The number of hydrogen-bond donors (Lipinski definition) is 1. The highest BCUT2D eigenvalue weighted by Crippen LogP contribution is 1.98. The first-order valence-corrected chi connectivity index (χ1v) is 2.97. The lowest BCUT2D eigenvalue weighted by Crippen LogP contribution is -2.14. The fourth-order valence-electron chi connectivity index (χ4n) is 0.506. The lowest BCUT2D eigenvalue weighted by molar-refractivity contribution is 0.283. The number of ether oxygens (including phenoxy) is 1. The number of rotatable bonds is 3. The van der Waals surface area contributed by atoms with Gasteiger partial charge in [-0.15, -0.1) is 0 Å². The van der Waals surface area contributed by atoms with Gasteiger partial charge in [0.1, 0.15) is 6.73 Å². The SMILES string of the molecule is CNCOc1cnccn1. The van der Waals surface area contributed by atoms with Crippen molar-refractivity contribution in [1.29, 1.82) is 0 Å². The highest BCUT2D eigenvalue weighted by molar-refractivity contribution is 5.00. The Morgan fingerprint density at radius 2 is 2.50 bits per heavy atom. The van der Waals surface area contributed by atoms with Crippen LogP contribution < -0.4 is 10.1 Å². The Bertz CT molecular complexity index is 178. The third kappa shape index (κ3) is 1.99. The summed E-state index contributed by atoms with van der Waals surface area (Å²) < 4.78 is 5.07. The minimum absolute atomic E-state index is 0.457. The van der Waals surface area contributed by atoms with Crippen molar-refractivity contribution in [1.82, 2.24) is 15.3 Å². The third-order valence-electron chi connectivity index (χ3n) is 0.904. The predicted molar refractivity (Wildman–Crippen MR) is 36.6 cm³/mol. The number of nitrogens with one attached hydrogen (secondary N) is 1. The van der Waals surface area contributed by atoms with Crippen molar-refractivity contribution in [2.24, 2.45) is 0 Å². The molecule has 0 saturated carbocycles. The van der Waals surface area contributed by atoms with Gasteiger partial charge in [-0.1, -0.05) is 0 Å². The van der Waals surface area contributed by atoms with Gasteiger partial charge in [0.25, 0.3) is 0 Å². The van der Waals surface area contributed by atoms with Crippen LogP contribution in [0.4, 0.5) is 0 Å². The van der Waals surface area contributed by atoms with Gasteiger partial charge < -0.3 is 4.74 Å². The minimum atomic E-state index is 0.457. The zero-order valence-corrected chi connectivity index (χ0v) is 5.74. The predicted octanol–water partition coefficient (Wildman–Crippen LogP) is 0.0323. The van der Waals surface area contributed by atoms with Gasteiger partial charge in [0.05, 0.1) is 6.20 Å². The lowest BCUT2D eigenvalue weighted by Gasteiger charge is -2.00. The maximum Gasteiger partial charge on any atom is 0.233 e. The van der Waals surface area contributed by atoms with E-state index >= 15 is 0 Å². The van der Waals surface area contributed by atoms with Crippen LogP contribution in [0, 0.1) is 0 Å². The number of aromatic nitrogens is 2. The van der Waals surface area contributed by atoms with Crippen LogP contribution in [0.25, 0.3) is 0 Å². The average Bonchev–Trinajstić information content (AvgIpc) is 2.03. The maximum absolute atomic E-state index is 5.07. The summed E-state index contributed by atoms with van der Waals surface area (Å²) in [6, 6.07) is 0. The summed E-state index contributed by atoms with van der Waals surface area (Å²) in [6.07, 6.45) is 4.76. The zero-order valence-electron chi connectivity index (χ0n) is 5.74. The summed E-state index contributed by atoms with van der Waals surface area (Å²) in [6.45, 7) is 0.457. The van der Waals surface area contributed by atoms with E-state index in [1.54, 1.807) is 25.6 Å². The van der Waals surface area contributed by atoms with Crippen LogP contribution in [0.3, 0.4) is 0 Å². The van der Waals surface area contributed by atoms with Gasteiger partial charge in [-0.05, 0) is 7.05 Å². The molecule has 0 radical (unpaired) electrons. The molecular weight excluding hydrogens is 130 g/mol. The van der Waals surface area contributed by atoms with Gasteiger partial charge in [0.15, 0.2) is 0 Å². The van der Waals surface area contributed by atoms with Gasteiger partial charge in [-0.2, -0.15) is 0 Å². The lowest BCUT2D eigenvalue weighted by atomic mass is 10.7. The van der Waals surface area contributed by atoms with Crippen molar-refractivity contribution in [2.75, 3.05) is 13.8 Å². The van der Waals surface area contributed by atoms with Crippen molar-refractivity contribution in [2.45, 2.75) is 0 Å². The standard InChI is InChI=1S/C6H9N3O/c1-7-5-10-6-4-8-2-3-9-6/h2-4,7H,5H2,1H3. The van der Waals surface area contributed by atoms with Gasteiger partial charge in [-0.3, -0.25) is 10.3 Å². The van der Waals surface area contributed by atoms with E-state index < -0.39 is 0 Å². The molecule has 1 heterocycles. The highest BCUT2D eigenvalue weighted by Gasteiger charge is 1.88. The summed E-state index contributed by atoms with van der Waals surface area (Å²) in [7, 11) is 1.80.